The first-order chi connectivity index (χ1) is 9.52. The molecule has 106 valence electrons. The van der Waals surface area contributed by atoms with Gasteiger partial charge in [-0.1, -0.05) is 34.1 Å². The molecule has 5 heteroatoms. The first-order valence-electron chi connectivity index (χ1n) is 6.18. The minimum Gasteiger partial charge on any atom is -0.271 e. The highest BCUT2D eigenvalue weighted by Gasteiger charge is 2.16. The summed E-state index contributed by atoms with van der Waals surface area (Å²) < 4.78 is 15.4. The summed E-state index contributed by atoms with van der Waals surface area (Å²) in [6.07, 6.45) is 0.619. The number of nitrogens with one attached hydrogen (secondary N) is 1. The van der Waals surface area contributed by atoms with Crippen LogP contribution in [0.15, 0.2) is 40.9 Å². The van der Waals surface area contributed by atoms with Crippen LogP contribution in [-0.4, -0.2) is 0 Å². The van der Waals surface area contributed by atoms with Crippen molar-refractivity contribution in [3.63, 3.8) is 0 Å². The number of nitrogens with two attached hydrogens (primary N) is 1. The van der Waals surface area contributed by atoms with Crippen molar-refractivity contribution in [1.82, 2.24) is 5.43 Å². The summed E-state index contributed by atoms with van der Waals surface area (Å²) in [6, 6.07) is 10.8. The molecule has 0 saturated carbocycles. The molecule has 0 aliphatic carbocycles. The SMILES string of the molecule is Cc1cccc(C(Cc2cc(F)ccc2Br)NN)c1I. The molecule has 0 aromatic heterocycles. The van der Waals surface area contributed by atoms with Gasteiger partial charge in [-0.3, -0.25) is 11.3 Å². The first kappa shape index (κ1) is 15.9. The van der Waals surface area contributed by atoms with E-state index in [4.69, 9.17) is 5.84 Å². The molecule has 2 aromatic rings. The van der Waals surface area contributed by atoms with Crippen molar-refractivity contribution in [3.05, 3.63) is 66.9 Å². The third kappa shape index (κ3) is 3.58. The monoisotopic (exact) mass is 448 g/mol. The summed E-state index contributed by atoms with van der Waals surface area (Å²) in [5, 5.41) is 0. The van der Waals surface area contributed by atoms with E-state index in [1.54, 1.807) is 6.07 Å². The van der Waals surface area contributed by atoms with Gasteiger partial charge in [-0.25, -0.2) is 4.39 Å². The van der Waals surface area contributed by atoms with Crippen molar-refractivity contribution in [1.29, 1.82) is 0 Å². The quantitative estimate of drug-likeness (QED) is 0.417. The van der Waals surface area contributed by atoms with Crippen molar-refractivity contribution < 1.29 is 4.39 Å². The lowest BCUT2D eigenvalue weighted by atomic mass is 9.98. The van der Waals surface area contributed by atoms with E-state index in [1.807, 2.05) is 12.1 Å². The zero-order valence-corrected chi connectivity index (χ0v) is 14.7. The van der Waals surface area contributed by atoms with E-state index in [0.29, 0.717) is 6.42 Å². The minimum absolute atomic E-state index is 0.0556. The highest BCUT2D eigenvalue weighted by Crippen LogP contribution is 2.28. The first-order valence-corrected chi connectivity index (χ1v) is 8.05. The summed E-state index contributed by atoms with van der Waals surface area (Å²) in [6.45, 7) is 2.07. The van der Waals surface area contributed by atoms with Gasteiger partial charge in [0, 0.05) is 8.04 Å². The molecule has 0 spiro atoms. The average Bonchev–Trinajstić information content (AvgIpc) is 2.43. The van der Waals surface area contributed by atoms with Crippen molar-refractivity contribution >= 4 is 38.5 Å². The van der Waals surface area contributed by atoms with E-state index in [1.165, 1.54) is 21.3 Å². The van der Waals surface area contributed by atoms with Gasteiger partial charge in [-0.05, 0) is 70.8 Å². The van der Waals surface area contributed by atoms with Crippen LogP contribution in [0.2, 0.25) is 0 Å². The molecule has 2 rings (SSSR count). The Kier molecular flexibility index (Phi) is 5.54. The van der Waals surface area contributed by atoms with Crippen molar-refractivity contribution in [3.8, 4) is 0 Å². The number of hydrogen-bond acceptors (Lipinski definition) is 2. The Morgan fingerprint density at radius 2 is 2.10 bits per heavy atom. The predicted octanol–water partition coefficient (Wildman–Crippen LogP) is 4.25. The van der Waals surface area contributed by atoms with Gasteiger partial charge < -0.3 is 0 Å². The maximum absolute atomic E-state index is 13.4. The van der Waals surface area contributed by atoms with Crippen LogP contribution < -0.4 is 11.3 Å². The average molecular weight is 449 g/mol. The van der Waals surface area contributed by atoms with Crippen LogP contribution in [0, 0.1) is 16.3 Å². The second-order valence-corrected chi connectivity index (χ2v) is 6.57. The van der Waals surface area contributed by atoms with Gasteiger partial charge in [0.15, 0.2) is 0 Å². The third-order valence-electron chi connectivity index (χ3n) is 3.23. The fourth-order valence-corrected chi connectivity index (χ4v) is 3.26. The molecule has 0 aliphatic rings. The number of rotatable bonds is 4. The van der Waals surface area contributed by atoms with Crippen LogP contribution in [0.3, 0.4) is 0 Å². The van der Waals surface area contributed by atoms with Crippen molar-refractivity contribution in [2.24, 2.45) is 5.84 Å². The summed E-state index contributed by atoms with van der Waals surface area (Å²) >= 11 is 5.78. The van der Waals surface area contributed by atoms with E-state index < -0.39 is 0 Å². The van der Waals surface area contributed by atoms with Gasteiger partial charge in [0.05, 0.1) is 6.04 Å². The molecule has 0 amide bonds. The molecule has 0 bridgehead atoms. The highest BCUT2D eigenvalue weighted by molar-refractivity contribution is 14.1. The molecular weight excluding hydrogens is 434 g/mol. The largest absolute Gasteiger partial charge is 0.271 e. The summed E-state index contributed by atoms with van der Waals surface area (Å²) in [7, 11) is 0. The third-order valence-corrected chi connectivity index (χ3v) is 5.48. The second-order valence-electron chi connectivity index (χ2n) is 4.64. The zero-order chi connectivity index (χ0) is 14.7. The molecule has 1 unspecified atom stereocenters. The molecule has 2 aromatic carbocycles. The lowest BCUT2D eigenvalue weighted by molar-refractivity contribution is 0.545. The van der Waals surface area contributed by atoms with E-state index in [9.17, 15) is 4.39 Å². The molecule has 0 heterocycles. The molecule has 2 nitrogen and oxygen atoms in total. The van der Waals surface area contributed by atoms with Gasteiger partial charge in [-0.15, -0.1) is 0 Å². The van der Waals surface area contributed by atoms with E-state index in [-0.39, 0.29) is 11.9 Å². The standard InChI is InChI=1S/C15H15BrFIN2/c1-9-3-2-4-12(15(9)18)14(20-19)8-10-7-11(17)5-6-13(10)16/h2-7,14,20H,8,19H2,1H3. The van der Waals surface area contributed by atoms with Crippen LogP contribution in [-0.2, 0) is 6.42 Å². The van der Waals surface area contributed by atoms with Gasteiger partial charge in [0.1, 0.15) is 5.82 Å². The summed E-state index contributed by atoms with van der Waals surface area (Å²) in [4.78, 5) is 0. The van der Waals surface area contributed by atoms with Crippen LogP contribution in [0.25, 0.3) is 0 Å². The minimum atomic E-state index is -0.238. The van der Waals surface area contributed by atoms with Crippen LogP contribution >= 0.6 is 38.5 Å². The molecule has 3 N–H and O–H groups in total. The molecular formula is C15H15BrFIN2. The number of hydrazine groups is 1. The van der Waals surface area contributed by atoms with Crippen LogP contribution in [0.1, 0.15) is 22.7 Å². The molecule has 20 heavy (non-hydrogen) atoms. The van der Waals surface area contributed by atoms with Gasteiger partial charge >= 0.3 is 0 Å². The van der Waals surface area contributed by atoms with E-state index >= 15 is 0 Å². The van der Waals surface area contributed by atoms with Crippen molar-refractivity contribution in [2.45, 2.75) is 19.4 Å². The van der Waals surface area contributed by atoms with E-state index in [2.05, 4.69) is 56.9 Å². The molecule has 0 radical (unpaired) electrons. The second kappa shape index (κ2) is 6.98. The number of halogens is 3. The van der Waals surface area contributed by atoms with Crippen LogP contribution in [0.4, 0.5) is 4.39 Å². The van der Waals surface area contributed by atoms with E-state index in [0.717, 1.165) is 15.6 Å². The molecule has 0 saturated heterocycles. The maximum Gasteiger partial charge on any atom is 0.123 e. The lowest BCUT2D eigenvalue weighted by Gasteiger charge is -2.19. The Labute approximate surface area is 140 Å². The Morgan fingerprint density at radius 1 is 1.35 bits per heavy atom. The molecule has 0 fully saturated rings. The zero-order valence-electron chi connectivity index (χ0n) is 11.0. The predicted molar refractivity (Wildman–Crippen MR) is 91.8 cm³/mol. The van der Waals surface area contributed by atoms with Gasteiger partial charge in [0.2, 0.25) is 0 Å². The Morgan fingerprint density at radius 3 is 2.80 bits per heavy atom. The van der Waals surface area contributed by atoms with Gasteiger partial charge in [0.25, 0.3) is 0 Å². The molecule has 0 aliphatic heterocycles. The normalized spacial score (nSPS) is 12.4. The highest BCUT2D eigenvalue weighted by atomic mass is 127. The number of aryl methyl sites for hydroxylation is 1. The number of hydrogen-bond donors (Lipinski definition) is 2. The topological polar surface area (TPSA) is 38.0 Å². The van der Waals surface area contributed by atoms with Crippen LogP contribution in [0.5, 0.6) is 0 Å². The smallest absolute Gasteiger partial charge is 0.123 e. The van der Waals surface area contributed by atoms with Gasteiger partial charge in [-0.2, -0.15) is 0 Å². The Bertz CT molecular complexity index is 619. The Hall–Kier alpha value is -0.500. The maximum atomic E-state index is 13.4. The Balaban J connectivity index is 2.34. The lowest BCUT2D eigenvalue weighted by Crippen LogP contribution is -2.30. The fourth-order valence-electron chi connectivity index (χ4n) is 2.12. The van der Waals surface area contributed by atoms with Crippen molar-refractivity contribution in [2.75, 3.05) is 0 Å². The summed E-state index contributed by atoms with van der Waals surface area (Å²) in [5.74, 6) is 5.46. The number of benzene rings is 2. The summed E-state index contributed by atoms with van der Waals surface area (Å²) in [5.41, 5.74) is 6.07. The molecule has 1 atom stereocenters. The fraction of sp³-hybridized carbons (Fsp3) is 0.200.